The smallest absolute Gasteiger partial charge is 0.414 e. The molecule has 7 heteroatoms. The molecular formula is C15H20FN3O3. The predicted octanol–water partition coefficient (Wildman–Crippen LogP) is 1.21. The summed E-state index contributed by atoms with van der Waals surface area (Å²) < 4.78 is 24.6. The molecule has 22 heavy (non-hydrogen) atoms. The van der Waals surface area contributed by atoms with E-state index in [2.05, 4.69) is 5.32 Å². The van der Waals surface area contributed by atoms with Gasteiger partial charge in [-0.05, 0) is 18.2 Å². The number of nitrogens with zero attached hydrogens (tertiary/aromatic N) is 2. The molecule has 1 N–H and O–H groups in total. The van der Waals surface area contributed by atoms with Crippen molar-refractivity contribution in [2.75, 3.05) is 56.3 Å². The number of halogens is 1. The van der Waals surface area contributed by atoms with Gasteiger partial charge in [0.05, 0.1) is 24.0 Å². The lowest BCUT2D eigenvalue weighted by atomic mass is 10.2. The Balaban J connectivity index is 1.82. The highest BCUT2D eigenvalue weighted by molar-refractivity contribution is 5.90. The van der Waals surface area contributed by atoms with Crippen LogP contribution in [-0.2, 0) is 9.47 Å². The molecule has 1 aromatic carbocycles. The van der Waals surface area contributed by atoms with Crippen LogP contribution in [0.1, 0.15) is 0 Å². The third kappa shape index (κ3) is 2.86. The summed E-state index contributed by atoms with van der Waals surface area (Å²) in [5, 5.41) is 3.24. The second kappa shape index (κ2) is 6.50. The van der Waals surface area contributed by atoms with Crippen LogP contribution in [0.25, 0.3) is 0 Å². The molecule has 1 unspecified atom stereocenters. The van der Waals surface area contributed by atoms with E-state index in [1.54, 1.807) is 19.2 Å². The Hall–Kier alpha value is -1.86. The van der Waals surface area contributed by atoms with Crippen LogP contribution in [0.4, 0.5) is 20.6 Å². The quantitative estimate of drug-likeness (QED) is 0.906. The van der Waals surface area contributed by atoms with E-state index in [4.69, 9.17) is 9.47 Å². The number of anilines is 2. The molecule has 1 amide bonds. The number of amides is 1. The van der Waals surface area contributed by atoms with Crippen LogP contribution in [0.5, 0.6) is 0 Å². The van der Waals surface area contributed by atoms with Crippen molar-refractivity contribution < 1.29 is 18.7 Å². The first-order valence-electron chi connectivity index (χ1n) is 7.41. The SMILES string of the molecule is COCC1COC(=O)N1c1ccc(N2CCNCC2)c(F)c1. The van der Waals surface area contributed by atoms with Gasteiger partial charge in [0.2, 0.25) is 0 Å². The summed E-state index contributed by atoms with van der Waals surface area (Å²) >= 11 is 0. The number of methoxy groups -OCH3 is 1. The van der Waals surface area contributed by atoms with E-state index in [0.29, 0.717) is 18.0 Å². The maximum atomic E-state index is 14.5. The molecule has 3 rings (SSSR count). The predicted molar refractivity (Wildman–Crippen MR) is 81.0 cm³/mol. The van der Waals surface area contributed by atoms with Crippen LogP contribution < -0.4 is 15.1 Å². The Morgan fingerprint density at radius 1 is 1.41 bits per heavy atom. The van der Waals surface area contributed by atoms with Gasteiger partial charge in [-0.2, -0.15) is 0 Å². The van der Waals surface area contributed by atoms with Crippen molar-refractivity contribution in [3.63, 3.8) is 0 Å². The fraction of sp³-hybridized carbons (Fsp3) is 0.533. The van der Waals surface area contributed by atoms with Gasteiger partial charge in [0, 0.05) is 33.3 Å². The van der Waals surface area contributed by atoms with Gasteiger partial charge in [-0.25, -0.2) is 9.18 Å². The van der Waals surface area contributed by atoms with Gasteiger partial charge >= 0.3 is 6.09 Å². The van der Waals surface area contributed by atoms with Crippen LogP contribution in [-0.4, -0.2) is 58.6 Å². The lowest BCUT2D eigenvalue weighted by molar-refractivity contribution is 0.157. The van der Waals surface area contributed by atoms with E-state index >= 15 is 0 Å². The van der Waals surface area contributed by atoms with Crippen molar-refractivity contribution in [1.82, 2.24) is 5.32 Å². The van der Waals surface area contributed by atoms with E-state index in [9.17, 15) is 9.18 Å². The number of piperazine rings is 1. The van der Waals surface area contributed by atoms with Crippen LogP contribution in [0.15, 0.2) is 18.2 Å². The standard InChI is InChI=1S/C15H20FN3O3/c1-21-9-12-10-22-15(20)19(12)11-2-3-14(13(16)8-11)18-6-4-17-5-7-18/h2-3,8,12,17H,4-7,9-10H2,1H3. The Morgan fingerprint density at radius 2 is 2.18 bits per heavy atom. The lowest BCUT2D eigenvalue weighted by Crippen LogP contribution is -2.44. The molecule has 0 radical (unpaired) electrons. The fourth-order valence-corrected chi connectivity index (χ4v) is 2.90. The minimum Gasteiger partial charge on any atom is -0.447 e. The monoisotopic (exact) mass is 309 g/mol. The van der Waals surface area contributed by atoms with Crippen LogP contribution in [0, 0.1) is 5.82 Å². The third-order valence-electron chi connectivity index (χ3n) is 3.99. The van der Waals surface area contributed by atoms with Gasteiger partial charge in [0.15, 0.2) is 0 Å². The number of benzene rings is 1. The van der Waals surface area contributed by atoms with Crippen LogP contribution >= 0.6 is 0 Å². The van der Waals surface area contributed by atoms with Gasteiger partial charge in [-0.3, -0.25) is 4.90 Å². The Labute approximate surface area is 128 Å². The highest BCUT2D eigenvalue weighted by atomic mass is 19.1. The normalized spacial score (nSPS) is 22.1. The topological polar surface area (TPSA) is 54.0 Å². The van der Waals surface area contributed by atoms with Gasteiger partial charge < -0.3 is 19.7 Å². The number of cyclic esters (lactones) is 1. The molecule has 0 spiro atoms. The Kier molecular flexibility index (Phi) is 4.44. The molecule has 2 saturated heterocycles. The number of hydrogen-bond donors (Lipinski definition) is 1. The molecule has 2 heterocycles. The largest absolute Gasteiger partial charge is 0.447 e. The minimum absolute atomic E-state index is 0.220. The van der Waals surface area contributed by atoms with Crippen molar-refractivity contribution >= 4 is 17.5 Å². The van der Waals surface area contributed by atoms with Gasteiger partial charge in [-0.1, -0.05) is 0 Å². The summed E-state index contributed by atoms with van der Waals surface area (Å²) in [6, 6.07) is 4.66. The molecule has 0 saturated carbocycles. The molecule has 2 aliphatic heterocycles. The van der Waals surface area contributed by atoms with Gasteiger partial charge in [0.25, 0.3) is 0 Å². The summed E-state index contributed by atoms with van der Waals surface area (Å²) in [5.41, 5.74) is 1.07. The van der Waals surface area contributed by atoms with Crippen molar-refractivity contribution in [3.05, 3.63) is 24.0 Å². The molecule has 2 fully saturated rings. The summed E-state index contributed by atoms with van der Waals surface area (Å²) in [6.07, 6.45) is -0.462. The molecule has 0 aromatic heterocycles. The van der Waals surface area contributed by atoms with E-state index in [1.165, 1.54) is 11.0 Å². The van der Waals surface area contributed by atoms with Crippen molar-refractivity contribution in [2.45, 2.75) is 6.04 Å². The maximum Gasteiger partial charge on any atom is 0.414 e. The molecule has 1 atom stereocenters. The molecule has 1 aromatic rings. The molecule has 6 nitrogen and oxygen atoms in total. The number of rotatable bonds is 4. The number of carbonyl (C=O) groups excluding carboxylic acids is 1. The summed E-state index contributed by atoms with van der Waals surface area (Å²) in [4.78, 5) is 15.3. The van der Waals surface area contributed by atoms with Gasteiger partial charge in [0.1, 0.15) is 12.4 Å². The summed E-state index contributed by atoms with van der Waals surface area (Å²) in [7, 11) is 1.56. The first-order chi connectivity index (χ1) is 10.7. The van der Waals surface area contributed by atoms with E-state index in [1.807, 2.05) is 4.90 Å². The second-order valence-corrected chi connectivity index (χ2v) is 5.43. The molecule has 2 aliphatic rings. The Bertz CT molecular complexity index is 549. The highest BCUT2D eigenvalue weighted by Crippen LogP contribution is 2.29. The third-order valence-corrected chi connectivity index (χ3v) is 3.99. The first kappa shape index (κ1) is 15.1. The van der Waals surface area contributed by atoms with Crippen LogP contribution in [0.2, 0.25) is 0 Å². The van der Waals surface area contributed by atoms with E-state index in [0.717, 1.165) is 26.2 Å². The lowest BCUT2D eigenvalue weighted by Gasteiger charge is -2.30. The zero-order valence-corrected chi connectivity index (χ0v) is 12.5. The first-order valence-corrected chi connectivity index (χ1v) is 7.41. The zero-order chi connectivity index (χ0) is 15.5. The average molecular weight is 309 g/mol. The maximum absolute atomic E-state index is 14.5. The van der Waals surface area contributed by atoms with E-state index < -0.39 is 6.09 Å². The molecule has 0 aliphatic carbocycles. The van der Waals surface area contributed by atoms with E-state index in [-0.39, 0.29) is 18.5 Å². The number of nitrogens with one attached hydrogen (secondary N) is 1. The zero-order valence-electron chi connectivity index (χ0n) is 12.5. The Morgan fingerprint density at radius 3 is 2.86 bits per heavy atom. The second-order valence-electron chi connectivity index (χ2n) is 5.43. The number of hydrogen-bond acceptors (Lipinski definition) is 5. The minimum atomic E-state index is -0.462. The molecular weight excluding hydrogens is 289 g/mol. The number of ether oxygens (including phenoxy) is 2. The average Bonchev–Trinajstić information content (AvgIpc) is 2.89. The summed E-state index contributed by atoms with van der Waals surface area (Å²) in [5.74, 6) is -0.324. The van der Waals surface area contributed by atoms with Crippen LogP contribution in [0.3, 0.4) is 0 Å². The van der Waals surface area contributed by atoms with Gasteiger partial charge in [-0.15, -0.1) is 0 Å². The van der Waals surface area contributed by atoms with Crippen molar-refractivity contribution in [1.29, 1.82) is 0 Å². The molecule has 120 valence electrons. The fourth-order valence-electron chi connectivity index (χ4n) is 2.90. The van der Waals surface area contributed by atoms with Crippen molar-refractivity contribution in [2.24, 2.45) is 0 Å². The number of carbonyl (C=O) groups is 1. The molecule has 0 bridgehead atoms. The van der Waals surface area contributed by atoms with Crippen molar-refractivity contribution in [3.8, 4) is 0 Å². The summed E-state index contributed by atoms with van der Waals surface area (Å²) in [6.45, 7) is 3.84. The highest BCUT2D eigenvalue weighted by Gasteiger charge is 2.34.